The van der Waals surface area contributed by atoms with Crippen molar-refractivity contribution in [1.29, 1.82) is 0 Å². The van der Waals surface area contributed by atoms with E-state index in [9.17, 15) is 0 Å². The maximum absolute atomic E-state index is 6.06. The lowest BCUT2D eigenvalue weighted by Crippen LogP contribution is -2.05. The molecule has 17 heavy (non-hydrogen) atoms. The number of hydrogen-bond acceptors (Lipinski definition) is 3. The van der Waals surface area contributed by atoms with Crippen molar-refractivity contribution in [2.75, 3.05) is 0 Å². The molecule has 1 heterocycles. The lowest BCUT2D eigenvalue weighted by molar-refractivity contribution is 0.288. The number of alkyl halides is 1. The highest BCUT2D eigenvalue weighted by Gasteiger charge is 2.09. The number of nitrogens with zero attached hydrogens (tertiary/aromatic N) is 3. The highest BCUT2D eigenvalue weighted by molar-refractivity contribution is 6.32. The summed E-state index contributed by atoms with van der Waals surface area (Å²) in [5.74, 6) is 1.69. The van der Waals surface area contributed by atoms with Crippen LogP contribution in [0.15, 0.2) is 24.5 Å². The minimum absolute atomic E-state index is 0.310. The molecule has 4 nitrogen and oxygen atoms in total. The molecule has 0 aliphatic carbocycles. The molecule has 0 atom stereocenters. The maximum Gasteiger partial charge on any atom is 0.164 e. The van der Waals surface area contributed by atoms with Gasteiger partial charge in [0.05, 0.1) is 10.9 Å². The monoisotopic (exact) mass is 271 g/mol. The average molecular weight is 272 g/mol. The molecule has 0 fully saturated rings. The predicted molar refractivity (Wildman–Crippen MR) is 66.3 cm³/mol. The fourth-order valence-corrected chi connectivity index (χ4v) is 1.87. The molecule has 1 aromatic carbocycles. The molecule has 1 aromatic heterocycles. The highest BCUT2D eigenvalue weighted by atomic mass is 35.5. The van der Waals surface area contributed by atoms with Gasteiger partial charge in [-0.25, -0.2) is 4.98 Å². The Bertz CT molecular complexity index is 513. The molecule has 2 aromatic rings. The summed E-state index contributed by atoms with van der Waals surface area (Å²) < 4.78 is 7.29. The summed E-state index contributed by atoms with van der Waals surface area (Å²) >= 11 is 11.9. The second kappa shape index (κ2) is 5.38. The summed E-state index contributed by atoms with van der Waals surface area (Å²) in [7, 11) is 1.81. The van der Waals surface area contributed by atoms with E-state index in [4.69, 9.17) is 27.9 Å². The Balaban J connectivity index is 2.16. The Morgan fingerprint density at radius 1 is 1.41 bits per heavy atom. The van der Waals surface area contributed by atoms with Crippen molar-refractivity contribution in [3.8, 4) is 5.75 Å². The van der Waals surface area contributed by atoms with Crippen molar-refractivity contribution in [2.45, 2.75) is 12.5 Å². The van der Waals surface area contributed by atoms with Gasteiger partial charge in [0.25, 0.3) is 0 Å². The minimum Gasteiger partial charge on any atom is -0.484 e. The smallest absolute Gasteiger partial charge is 0.164 e. The van der Waals surface area contributed by atoms with Gasteiger partial charge in [0.1, 0.15) is 18.7 Å². The quantitative estimate of drug-likeness (QED) is 0.803. The molecule has 0 radical (unpaired) electrons. The second-order valence-corrected chi connectivity index (χ2v) is 4.12. The summed E-state index contributed by atoms with van der Waals surface area (Å²) in [4.78, 5) is 4.07. The number of benzene rings is 1. The Morgan fingerprint density at radius 3 is 2.88 bits per heavy atom. The van der Waals surface area contributed by atoms with Crippen LogP contribution in [-0.4, -0.2) is 14.8 Å². The van der Waals surface area contributed by atoms with Crippen LogP contribution < -0.4 is 4.74 Å². The van der Waals surface area contributed by atoms with Crippen molar-refractivity contribution in [3.05, 3.63) is 40.9 Å². The first kappa shape index (κ1) is 12.2. The van der Waals surface area contributed by atoms with Crippen LogP contribution in [0.25, 0.3) is 0 Å². The molecule has 0 unspecified atom stereocenters. The zero-order chi connectivity index (χ0) is 12.3. The molecule has 0 N–H and O–H groups in total. The van der Waals surface area contributed by atoms with Crippen molar-refractivity contribution >= 4 is 23.2 Å². The van der Waals surface area contributed by atoms with E-state index in [-0.39, 0.29) is 0 Å². The Morgan fingerprint density at radius 2 is 2.24 bits per heavy atom. The molecule has 0 bridgehead atoms. The van der Waals surface area contributed by atoms with E-state index in [0.717, 1.165) is 11.4 Å². The third-order valence-corrected chi connectivity index (χ3v) is 2.93. The maximum atomic E-state index is 6.06. The predicted octanol–water partition coefficient (Wildman–Crippen LogP) is 2.79. The number of para-hydroxylation sites is 1. The largest absolute Gasteiger partial charge is 0.484 e. The van der Waals surface area contributed by atoms with Crippen LogP contribution >= 0.6 is 23.2 Å². The van der Waals surface area contributed by atoms with Crippen LogP contribution in [0.2, 0.25) is 5.02 Å². The molecule has 0 aliphatic rings. The van der Waals surface area contributed by atoms with Gasteiger partial charge in [-0.2, -0.15) is 5.10 Å². The summed E-state index contributed by atoms with van der Waals surface area (Å²) in [5.41, 5.74) is 0.862. The van der Waals surface area contributed by atoms with E-state index in [2.05, 4.69) is 10.1 Å². The summed E-state index contributed by atoms with van der Waals surface area (Å²) in [6.07, 6.45) is 1.48. The summed E-state index contributed by atoms with van der Waals surface area (Å²) in [6.45, 7) is 0.310. The molecule has 90 valence electrons. The van der Waals surface area contributed by atoms with E-state index in [1.54, 1.807) is 17.8 Å². The molecule has 0 spiro atoms. The van der Waals surface area contributed by atoms with Crippen LogP contribution in [-0.2, 0) is 19.5 Å². The van der Waals surface area contributed by atoms with Gasteiger partial charge in [-0.05, 0) is 6.07 Å². The summed E-state index contributed by atoms with van der Waals surface area (Å²) in [5, 5.41) is 4.51. The van der Waals surface area contributed by atoms with Crippen LogP contribution in [0.1, 0.15) is 11.4 Å². The SMILES string of the molecule is Cn1ncnc1COc1c(Cl)cccc1CCl. The molecule has 0 saturated heterocycles. The molecule has 6 heteroatoms. The number of aromatic nitrogens is 3. The van der Waals surface area contributed by atoms with Gasteiger partial charge in [-0.1, -0.05) is 23.7 Å². The third-order valence-electron chi connectivity index (χ3n) is 2.34. The lowest BCUT2D eigenvalue weighted by Gasteiger charge is -2.10. The van der Waals surface area contributed by atoms with Crippen LogP contribution in [0.3, 0.4) is 0 Å². The lowest BCUT2D eigenvalue weighted by atomic mass is 10.2. The van der Waals surface area contributed by atoms with Gasteiger partial charge in [0.2, 0.25) is 0 Å². The Labute approximate surface area is 109 Å². The fraction of sp³-hybridized carbons (Fsp3) is 0.273. The molecular formula is C11H11Cl2N3O. The van der Waals surface area contributed by atoms with Gasteiger partial charge in [-0.15, -0.1) is 11.6 Å². The van der Waals surface area contributed by atoms with Crippen molar-refractivity contribution < 1.29 is 4.74 Å². The normalized spacial score (nSPS) is 10.5. The first-order valence-electron chi connectivity index (χ1n) is 5.01. The Hall–Kier alpha value is -1.26. The van der Waals surface area contributed by atoms with Crippen molar-refractivity contribution in [3.63, 3.8) is 0 Å². The van der Waals surface area contributed by atoms with E-state index in [0.29, 0.717) is 23.3 Å². The standard InChI is InChI=1S/C11H11Cl2N3O/c1-16-10(14-7-15-16)6-17-11-8(5-12)3-2-4-9(11)13/h2-4,7H,5-6H2,1H3. The second-order valence-electron chi connectivity index (χ2n) is 3.45. The van der Waals surface area contributed by atoms with Crippen molar-refractivity contribution in [2.24, 2.45) is 7.05 Å². The first-order valence-corrected chi connectivity index (χ1v) is 5.92. The van der Waals surface area contributed by atoms with Crippen LogP contribution in [0.5, 0.6) is 5.75 Å². The molecule has 0 amide bonds. The van der Waals surface area contributed by atoms with Crippen molar-refractivity contribution in [1.82, 2.24) is 14.8 Å². The van der Waals surface area contributed by atoms with Gasteiger partial charge in [0.15, 0.2) is 5.82 Å². The first-order chi connectivity index (χ1) is 8.22. The summed E-state index contributed by atoms with van der Waals surface area (Å²) in [6, 6.07) is 5.49. The zero-order valence-corrected chi connectivity index (χ0v) is 10.7. The van der Waals surface area contributed by atoms with E-state index >= 15 is 0 Å². The van der Waals surface area contributed by atoms with E-state index in [1.165, 1.54) is 6.33 Å². The van der Waals surface area contributed by atoms with Gasteiger partial charge in [-0.3, -0.25) is 4.68 Å². The van der Waals surface area contributed by atoms with Gasteiger partial charge < -0.3 is 4.74 Å². The molecule has 0 saturated carbocycles. The Kier molecular flexibility index (Phi) is 3.86. The van der Waals surface area contributed by atoms with E-state index < -0.39 is 0 Å². The zero-order valence-electron chi connectivity index (χ0n) is 9.23. The molecular weight excluding hydrogens is 261 g/mol. The van der Waals surface area contributed by atoms with E-state index in [1.807, 2.05) is 12.1 Å². The fourth-order valence-electron chi connectivity index (χ4n) is 1.41. The number of ether oxygens (including phenoxy) is 1. The topological polar surface area (TPSA) is 39.9 Å². The number of rotatable bonds is 4. The third kappa shape index (κ3) is 2.70. The highest BCUT2D eigenvalue weighted by Crippen LogP contribution is 2.30. The molecule has 0 aliphatic heterocycles. The average Bonchev–Trinajstić information content (AvgIpc) is 2.73. The number of aryl methyl sites for hydroxylation is 1. The number of hydrogen-bond donors (Lipinski definition) is 0. The number of halogens is 2. The van der Waals surface area contributed by atoms with Gasteiger partial charge in [0, 0.05) is 12.6 Å². The van der Waals surface area contributed by atoms with Gasteiger partial charge >= 0.3 is 0 Å². The minimum atomic E-state index is 0.310. The van der Waals surface area contributed by atoms with Crippen LogP contribution in [0, 0.1) is 0 Å². The molecule has 2 rings (SSSR count). The van der Waals surface area contributed by atoms with Crippen LogP contribution in [0.4, 0.5) is 0 Å².